The number of esters is 1. The lowest BCUT2D eigenvalue weighted by molar-refractivity contribution is -0.164. The van der Waals surface area contributed by atoms with Gasteiger partial charge in [-0.15, -0.1) is 0 Å². The van der Waals surface area contributed by atoms with Gasteiger partial charge in [-0.05, 0) is 51.0 Å². The van der Waals surface area contributed by atoms with Gasteiger partial charge in [0.25, 0.3) is 0 Å². The average molecular weight is 275 g/mol. The maximum atomic E-state index is 12.3. The largest absolute Gasteiger partial charge is 0.490 e. The van der Waals surface area contributed by atoms with Crippen LogP contribution in [0.4, 0.5) is 0 Å². The van der Waals surface area contributed by atoms with E-state index in [1.54, 1.807) is 0 Å². The first kappa shape index (κ1) is 13.4. The highest BCUT2D eigenvalue weighted by atomic mass is 16.6. The molecular formula is C16H21NO3. The van der Waals surface area contributed by atoms with Crippen LogP contribution in [-0.4, -0.2) is 43.7 Å². The highest BCUT2D eigenvalue weighted by Gasteiger charge is 2.46. The van der Waals surface area contributed by atoms with Gasteiger partial charge in [0.15, 0.2) is 0 Å². The second-order valence-corrected chi connectivity index (χ2v) is 5.67. The summed E-state index contributed by atoms with van der Waals surface area (Å²) in [6, 6.07) is 9.60. The van der Waals surface area contributed by atoms with Gasteiger partial charge in [0, 0.05) is 0 Å². The van der Waals surface area contributed by atoms with E-state index in [9.17, 15) is 4.79 Å². The van der Waals surface area contributed by atoms with Gasteiger partial charge >= 0.3 is 5.97 Å². The summed E-state index contributed by atoms with van der Waals surface area (Å²) in [5.41, 5.74) is -0.207. The number of fused-ring (bicyclic) bond motifs is 3. The van der Waals surface area contributed by atoms with Gasteiger partial charge in [0.05, 0.1) is 5.41 Å². The van der Waals surface area contributed by atoms with E-state index in [2.05, 4.69) is 4.90 Å². The Morgan fingerprint density at radius 2 is 1.70 bits per heavy atom. The number of carbonyl (C=O) groups is 1. The summed E-state index contributed by atoms with van der Waals surface area (Å²) >= 11 is 0. The molecule has 1 aromatic carbocycles. The number of benzene rings is 1. The first-order chi connectivity index (χ1) is 9.78. The third-order valence-corrected chi connectivity index (χ3v) is 4.48. The van der Waals surface area contributed by atoms with Crippen molar-refractivity contribution in [1.29, 1.82) is 0 Å². The molecule has 4 nitrogen and oxygen atoms in total. The molecule has 0 aromatic heterocycles. The molecule has 0 unspecified atom stereocenters. The first-order valence-corrected chi connectivity index (χ1v) is 7.36. The van der Waals surface area contributed by atoms with Crippen LogP contribution in [0, 0.1) is 5.41 Å². The van der Waals surface area contributed by atoms with E-state index >= 15 is 0 Å². The highest BCUT2D eigenvalue weighted by Crippen LogP contribution is 2.40. The molecular weight excluding hydrogens is 254 g/mol. The monoisotopic (exact) mass is 275 g/mol. The zero-order valence-corrected chi connectivity index (χ0v) is 11.7. The Labute approximate surface area is 119 Å². The predicted octanol–water partition coefficient (Wildman–Crippen LogP) is 2.09. The zero-order valence-electron chi connectivity index (χ0n) is 11.7. The van der Waals surface area contributed by atoms with E-state index in [1.807, 2.05) is 30.3 Å². The van der Waals surface area contributed by atoms with Crippen LogP contribution in [-0.2, 0) is 9.53 Å². The minimum Gasteiger partial charge on any atom is -0.490 e. The molecule has 3 heterocycles. The number of hydrogen-bond donors (Lipinski definition) is 0. The Hall–Kier alpha value is -1.55. The molecule has 4 rings (SSSR count). The lowest BCUT2D eigenvalue weighted by atomic mass is 9.72. The molecule has 0 aliphatic carbocycles. The van der Waals surface area contributed by atoms with E-state index in [4.69, 9.17) is 9.47 Å². The quantitative estimate of drug-likeness (QED) is 0.609. The number of rotatable bonds is 5. The van der Waals surface area contributed by atoms with E-state index in [0.717, 1.165) is 44.6 Å². The molecule has 20 heavy (non-hydrogen) atoms. The molecule has 0 N–H and O–H groups in total. The van der Waals surface area contributed by atoms with Crippen molar-refractivity contribution in [2.75, 3.05) is 32.8 Å². The topological polar surface area (TPSA) is 38.8 Å². The number of hydrogen-bond acceptors (Lipinski definition) is 4. The zero-order chi connectivity index (χ0) is 13.8. The molecule has 1 aromatic rings. The fourth-order valence-corrected chi connectivity index (χ4v) is 3.10. The van der Waals surface area contributed by atoms with Crippen LogP contribution < -0.4 is 4.74 Å². The second kappa shape index (κ2) is 5.83. The highest BCUT2D eigenvalue weighted by molar-refractivity contribution is 5.77. The standard InChI is InChI=1S/C16H21NO3/c18-15(16-6-9-17(10-7-16)11-8-16)20-13-12-19-14-4-2-1-3-5-14/h1-5H,6-13H2. The van der Waals surface area contributed by atoms with E-state index < -0.39 is 0 Å². The van der Waals surface area contributed by atoms with Crippen LogP contribution in [0.25, 0.3) is 0 Å². The molecule has 0 atom stereocenters. The molecule has 0 amide bonds. The van der Waals surface area contributed by atoms with Crippen molar-refractivity contribution in [3.63, 3.8) is 0 Å². The molecule has 3 aliphatic heterocycles. The lowest BCUT2D eigenvalue weighted by Gasteiger charge is -2.46. The lowest BCUT2D eigenvalue weighted by Crippen LogP contribution is -2.52. The summed E-state index contributed by atoms with van der Waals surface area (Å²) in [7, 11) is 0. The van der Waals surface area contributed by atoms with Gasteiger partial charge in [-0.2, -0.15) is 0 Å². The summed E-state index contributed by atoms with van der Waals surface area (Å²) in [5.74, 6) is 0.793. The van der Waals surface area contributed by atoms with Gasteiger partial charge < -0.3 is 14.4 Å². The Balaban J connectivity index is 1.43. The molecule has 0 radical (unpaired) electrons. The fraction of sp³-hybridized carbons (Fsp3) is 0.562. The van der Waals surface area contributed by atoms with Crippen molar-refractivity contribution in [2.24, 2.45) is 5.41 Å². The van der Waals surface area contributed by atoms with Gasteiger partial charge in [-0.3, -0.25) is 4.79 Å². The number of carbonyl (C=O) groups excluding carboxylic acids is 1. The smallest absolute Gasteiger partial charge is 0.312 e. The third-order valence-electron chi connectivity index (χ3n) is 4.48. The van der Waals surface area contributed by atoms with Crippen molar-refractivity contribution in [3.05, 3.63) is 30.3 Å². The van der Waals surface area contributed by atoms with Gasteiger partial charge in [0.1, 0.15) is 19.0 Å². The predicted molar refractivity (Wildman–Crippen MR) is 75.6 cm³/mol. The third kappa shape index (κ3) is 2.80. The maximum Gasteiger partial charge on any atom is 0.312 e. The first-order valence-electron chi connectivity index (χ1n) is 7.36. The molecule has 108 valence electrons. The number of ether oxygens (including phenoxy) is 2. The Morgan fingerprint density at radius 1 is 1.05 bits per heavy atom. The van der Waals surface area contributed by atoms with Crippen LogP contribution in [0.15, 0.2) is 30.3 Å². The van der Waals surface area contributed by atoms with Crippen molar-refractivity contribution >= 4 is 5.97 Å². The van der Waals surface area contributed by atoms with Gasteiger partial charge in [0.2, 0.25) is 0 Å². The summed E-state index contributed by atoms with van der Waals surface area (Å²) in [6.45, 7) is 3.86. The van der Waals surface area contributed by atoms with Crippen LogP contribution >= 0.6 is 0 Å². The average Bonchev–Trinajstić information content (AvgIpc) is 2.54. The van der Waals surface area contributed by atoms with Crippen LogP contribution in [0.5, 0.6) is 5.75 Å². The molecule has 3 saturated heterocycles. The Bertz CT molecular complexity index is 438. The van der Waals surface area contributed by atoms with E-state index in [-0.39, 0.29) is 11.4 Å². The molecule has 0 spiro atoms. The van der Waals surface area contributed by atoms with Gasteiger partial charge in [-0.1, -0.05) is 18.2 Å². The van der Waals surface area contributed by atoms with Crippen LogP contribution in [0.3, 0.4) is 0 Å². The minimum atomic E-state index is -0.207. The van der Waals surface area contributed by atoms with E-state index in [0.29, 0.717) is 13.2 Å². The normalized spacial score (nSPS) is 28.1. The number of piperidine rings is 3. The summed E-state index contributed by atoms with van der Waals surface area (Å²) < 4.78 is 11.0. The van der Waals surface area contributed by atoms with Crippen molar-refractivity contribution in [1.82, 2.24) is 4.90 Å². The van der Waals surface area contributed by atoms with Gasteiger partial charge in [-0.25, -0.2) is 0 Å². The summed E-state index contributed by atoms with van der Waals surface area (Å²) in [4.78, 5) is 14.7. The van der Waals surface area contributed by atoms with Crippen molar-refractivity contribution < 1.29 is 14.3 Å². The van der Waals surface area contributed by atoms with Crippen LogP contribution in [0.1, 0.15) is 19.3 Å². The SMILES string of the molecule is O=C(OCCOc1ccccc1)C12CCN(CC1)CC2. The molecule has 3 fully saturated rings. The maximum absolute atomic E-state index is 12.3. The second-order valence-electron chi connectivity index (χ2n) is 5.67. The molecule has 2 bridgehead atoms. The number of para-hydroxylation sites is 1. The minimum absolute atomic E-state index is 0.0199. The molecule has 0 saturated carbocycles. The number of nitrogens with zero attached hydrogens (tertiary/aromatic N) is 1. The summed E-state index contributed by atoms with van der Waals surface area (Å²) in [5, 5.41) is 0. The van der Waals surface area contributed by atoms with Crippen molar-refractivity contribution in [3.8, 4) is 5.75 Å². The molecule has 4 heteroatoms. The van der Waals surface area contributed by atoms with Crippen LogP contribution in [0.2, 0.25) is 0 Å². The fourth-order valence-electron chi connectivity index (χ4n) is 3.10. The summed E-state index contributed by atoms with van der Waals surface area (Å²) in [6.07, 6.45) is 2.85. The Kier molecular flexibility index (Phi) is 3.92. The van der Waals surface area contributed by atoms with E-state index in [1.165, 1.54) is 0 Å². The van der Waals surface area contributed by atoms with Crippen molar-refractivity contribution in [2.45, 2.75) is 19.3 Å². The Morgan fingerprint density at radius 3 is 2.35 bits per heavy atom. The molecule has 3 aliphatic rings.